The number of aromatic nitrogens is 1. The van der Waals surface area contributed by atoms with Gasteiger partial charge in [-0.05, 0) is 48.2 Å². The second kappa shape index (κ2) is 6.52. The molecule has 1 amide bonds. The number of amides is 1. The van der Waals surface area contributed by atoms with Crippen LogP contribution in [0.15, 0.2) is 48.5 Å². The van der Waals surface area contributed by atoms with E-state index < -0.39 is 0 Å². The van der Waals surface area contributed by atoms with Crippen molar-refractivity contribution in [1.29, 1.82) is 0 Å². The number of nitrogens with one attached hydrogen (secondary N) is 1. The first-order chi connectivity index (χ1) is 12.6. The van der Waals surface area contributed by atoms with Crippen molar-refractivity contribution in [3.05, 3.63) is 65.4 Å². The summed E-state index contributed by atoms with van der Waals surface area (Å²) in [6.45, 7) is 5.10. The van der Waals surface area contributed by atoms with Crippen LogP contribution in [0.2, 0.25) is 0 Å². The number of H-pyrrole nitrogens is 1. The van der Waals surface area contributed by atoms with E-state index in [4.69, 9.17) is 4.74 Å². The molecule has 2 aromatic carbocycles. The summed E-state index contributed by atoms with van der Waals surface area (Å²) in [4.78, 5) is 18.8. The number of carbonyl (C=O) groups is 1. The van der Waals surface area contributed by atoms with Crippen LogP contribution in [0.25, 0.3) is 10.9 Å². The lowest BCUT2D eigenvalue weighted by atomic mass is 9.90. The van der Waals surface area contributed by atoms with Crippen LogP contribution in [-0.2, 0) is 6.42 Å². The summed E-state index contributed by atoms with van der Waals surface area (Å²) in [6.07, 6.45) is 0.879. The molecule has 26 heavy (non-hydrogen) atoms. The van der Waals surface area contributed by atoms with Crippen LogP contribution in [0.4, 0.5) is 0 Å². The highest BCUT2D eigenvalue weighted by Crippen LogP contribution is 2.39. The molecule has 0 bridgehead atoms. The number of rotatable bonds is 3. The van der Waals surface area contributed by atoms with E-state index in [-0.39, 0.29) is 11.9 Å². The summed E-state index contributed by atoms with van der Waals surface area (Å²) >= 11 is 0. The van der Waals surface area contributed by atoms with Crippen molar-refractivity contribution in [3.8, 4) is 5.75 Å². The van der Waals surface area contributed by atoms with Gasteiger partial charge in [-0.15, -0.1) is 0 Å². The highest BCUT2D eigenvalue weighted by Gasteiger charge is 2.35. The number of hydrogen-bond acceptors (Lipinski definition) is 2. The number of fused-ring (bicyclic) bond motifs is 3. The minimum absolute atomic E-state index is 0.0563. The highest BCUT2D eigenvalue weighted by molar-refractivity contribution is 5.95. The van der Waals surface area contributed by atoms with E-state index >= 15 is 0 Å². The Hall–Kier alpha value is -2.75. The Bertz CT molecular complexity index is 940. The van der Waals surface area contributed by atoms with Gasteiger partial charge in [0.05, 0.1) is 13.2 Å². The summed E-state index contributed by atoms with van der Waals surface area (Å²) < 4.78 is 5.20. The maximum Gasteiger partial charge on any atom is 0.254 e. The average Bonchev–Trinajstić information content (AvgIpc) is 3.05. The van der Waals surface area contributed by atoms with Crippen molar-refractivity contribution < 1.29 is 9.53 Å². The van der Waals surface area contributed by atoms with E-state index in [1.54, 1.807) is 7.11 Å². The number of ether oxygens (including phenoxy) is 1. The number of benzene rings is 2. The van der Waals surface area contributed by atoms with Gasteiger partial charge in [0.25, 0.3) is 5.91 Å². The molecular formula is C22H24N2O2. The number of hydrogen-bond donors (Lipinski definition) is 1. The number of nitrogens with zero attached hydrogens (tertiary/aromatic N) is 1. The zero-order valence-corrected chi connectivity index (χ0v) is 15.5. The largest absolute Gasteiger partial charge is 0.497 e. The van der Waals surface area contributed by atoms with Gasteiger partial charge in [0.15, 0.2) is 0 Å². The monoisotopic (exact) mass is 348 g/mol. The summed E-state index contributed by atoms with van der Waals surface area (Å²) in [5, 5.41) is 1.28. The molecule has 2 heterocycles. The number of carbonyl (C=O) groups excluding carboxylic acids is 1. The van der Waals surface area contributed by atoms with Crippen LogP contribution in [0.3, 0.4) is 0 Å². The first-order valence-electron chi connectivity index (χ1n) is 9.14. The topological polar surface area (TPSA) is 45.3 Å². The standard InChI is InChI=1S/C22H24N2O2/c1-14(2)21-20-18(17-6-4-5-7-19(17)23-20)12-13-24(21)22(25)15-8-10-16(26-3)11-9-15/h4-11,14,21,23H,12-13H2,1-3H3/t21-/m0/s1. The molecule has 0 saturated heterocycles. The summed E-state index contributed by atoms with van der Waals surface area (Å²) in [6, 6.07) is 15.8. The average molecular weight is 348 g/mol. The van der Waals surface area contributed by atoms with Gasteiger partial charge in [-0.25, -0.2) is 0 Å². The lowest BCUT2D eigenvalue weighted by Crippen LogP contribution is -2.42. The predicted molar refractivity (Wildman–Crippen MR) is 104 cm³/mol. The van der Waals surface area contributed by atoms with Gasteiger partial charge >= 0.3 is 0 Å². The fourth-order valence-corrected chi connectivity index (χ4v) is 4.09. The van der Waals surface area contributed by atoms with Crippen molar-refractivity contribution in [2.45, 2.75) is 26.3 Å². The molecule has 0 radical (unpaired) electrons. The summed E-state index contributed by atoms with van der Waals surface area (Å²) in [5.74, 6) is 1.17. The van der Waals surface area contributed by atoms with Crippen LogP contribution in [0.1, 0.15) is 41.5 Å². The molecule has 1 aromatic heterocycles. The Morgan fingerprint density at radius 2 is 1.88 bits per heavy atom. The zero-order valence-electron chi connectivity index (χ0n) is 15.5. The quantitative estimate of drug-likeness (QED) is 0.753. The fraction of sp³-hybridized carbons (Fsp3) is 0.318. The van der Waals surface area contributed by atoms with E-state index in [1.165, 1.54) is 16.6 Å². The molecule has 1 atom stereocenters. The van der Waals surface area contributed by atoms with Crippen molar-refractivity contribution in [3.63, 3.8) is 0 Å². The van der Waals surface area contributed by atoms with Crippen LogP contribution < -0.4 is 4.74 Å². The molecule has 0 spiro atoms. The first-order valence-corrected chi connectivity index (χ1v) is 9.14. The molecule has 1 aliphatic heterocycles. The van der Waals surface area contributed by atoms with Gasteiger partial charge in [0.2, 0.25) is 0 Å². The SMILES string of the molecule is COc1ccc(C(=O)N2CCc3c([nH]c4ccccc34)[C@@H]2C(C)C)cc1. The Balaban J connectivity index is 1.73. The Morgan fingerprint density at radius 1 is 1.15 bits per heavy atom. The van der Waals surface area contributed by atoms with E-state index in [1.807, 2.05) is 29.2 Å². The van der Waals surface area contributed by atoms with Crippen molar-refractivity contribution >= 4 is 16.8 Å². The maximum atomic E-state index is 13.2. The minimum Gasteiger partial charge on any atom is -0.497 e. The lowest BCUT2D eigenvalue weighted by Gasteiger charge is -2.38. The van der Waals surface area contributed by atoms with E-state index in [0.717, 1.165) is 24.2 Å². The third-order valence-electron chi connectivity index (χ3n) is 5.31. The van der Waals surface area contributed by atoms with Gasteiger partial charge in [0.1, 0.15) is 5.75 Å². The third-order valence-corrected chi connectivity index (χ3v) is 5.31. The smallest absolute Gasteiger partial charge is 0.254 e. The number of para-hydroxylation sites is 1. The minimum atomic E-state index is 0.0563. The number of aromatic amines is 1. The lowest BCUT2D eigenvalue weighted by molar-refractivity contribution is 0.0598. The molecule has 4 rings (SSSR count). The van der Waals surface area contributed by atoms with Gasteiger partial charge in [-0.1, -0.05) is 32.0 Å². The Morgan fingerprint density at radius 3 is 2.58 bits per heavy atom. The van der Waals surface area contributed by atoms with Crippen molar-refractivity contribution in [2.75, 3.05) is 13.7 Å². The molecule has 0 unspecified atom stereocenters. The molecule has 134 valence electrons. The van der Waals surface area contributed by atoms with E-state index in [0.29, 0.717) is 11.5 Å². The van der Waals surface area contributed by atoms with Crippen molar-refractivity contribution in [2.24, 2.45) is 5.92 Å². The molecule has 4 nitrogen and oxygen atoms in total. The van der Waals surface area contributed by atoms with Gasteiger partial charge in [0, 0.05) is 28.7 Å². The molecule has 4 heteroatoms. The molecule has 0 saturated carbocycles. The maximum absolute atomic E-state index is 13.2. The second-order valence-corrected chi connectivity index (χ2v) is 7.23. The normalized spacial score (nSPS) is 16.8. The Labute approximate surface area is 153 Å². The van der Waals surface area contributed by atoms with Crippen LogP contribution in [0.5, 0.6) is 5.75 Å². The number of methoxy groups -OCH3 is 1. The van der Waals surface area contributed by atoms with Crippen LogP contribution in [0, 0.1) is 5.92 Å². The predicted octanol–water partition coefficient (Wildman–Crippen LogP) is 4.57. The fourth-order valence-electron chi connectivity index (χ4n) is 4.09. The molecule has 0 aliphatic carbocycles. The van der Waals surface area contributed by atoms with E-state index in [2.05, 4.69) is 43.1 Å². The van der Waals surface area contributed by atoms with Crippen molar-refractivity contribution in [1.82, 2.24) is 9.88 Å². The molecule has 1 N–H and O–H groups in total. The first kappa shape index (κ1) is 16.7. The second-order valence-electron chi connectivity index (χ2n) is 7.23. The third kappa shape index (κ3) is 2.66. The van der Waals surface area contributed by atoms with Crippen LogP contribution in [-0.4, -0.2) is 29.4 Å². The zero-order chi connectivity index (χ0) is 18.3. The van der Waals surface area contributed by atoms with Crippen LogP contribution >= 0.6 is 0 Å². The molecule has 0 fully saturated rings. The van der Waals surface area contributed by atoms with E-state index in [9.17, 15) is 4.79 Å². The molecular weight excluding hydrogens is 324 g/mol. The van der Waals surface area contributed by atoms with Gasteiger partial charge in [-0.3, -0.25) is 4.79 Å². The summed E-state index contributed by atoms with van der Waals surface area (Å²) in [7, 11) is 1.63. The Kier molecular flexibility index (Phi) is 4.19. The summed E-state index contributed by atoms with van der Waals surface area (Å²) in [5.41, 5.74) is 4.41. The van der Waals surface area contributed by atoms with Gasteiger partial charge < -0.3 is 14.6 Å². The molecule has 3 aromatic rings. The molecule has 1 aliphatic rings. The van der Waals surface area contributed by atoms with Gasteiger partial charge in [-0.2, -0.15) is 0 Å². The highest BCUT2D eigenvalue weighted by atomic mass is 16.5.